The standard InChI is InChI=1S/C20H19F4N5O4/c1-19(2)17(32)25-7-8-28(19)16(31)13-5-6-14(30)29(13)10-3-4-11(12(21)9-10)15-26-18(33-27-15)20(22,23)24/h3-4,9,13H,5-8H2,1-2H3,(H,25,32)/t13-/m0/s1. The maximum Gasteiger partial charge on any atom is 0.471 e. The number of benzene rings is 1. The molecule has 2 aromatic rings. The summed E-state index contributed by atoms with van der Waals surface area (Å²) in [5.41, 5.74) is -1.44. The molecular formula is C20H19F4N5O4. The van der Waals surface area contributed by atoms with Crippen molar-refractivity contribution in [2.24, 2.45) is 0 Å². The molecule has 0 saturated carbocycles. The Morgan fingerprint density at radius 1 is 1.27 bits per heavy atom. The van der Waals surface area contributed by atoms with Crippen LogP contribution in [0.5, 0.6) is 0 Å². The number of rotatable bonds is 3. The number of alkyl halides is 3. The van der Waals surface area contributed by atoms with Gasteiger partial charge >= 0.3 is 12.1 Å². The molecule has 1 aromatic carbocycles. The van der Waals surface area contributed by atoms with Gasteiger partial charge in [-0.3, -0.25) is 19.3 Å². The molecule has 2 aliphatic heterocycles. The molecule has 0 aliphatic carbocycles. The molecule has 4 rings (SSSR count). The summed E-state index contributed by atoms with van der Waals surface area (Å²) in [7, 11) is 0. The van der Waals surface area contributed by atoms with E-state index in [0.29, 0.717) is 0 Å². The maximum absolute atomic E-state index is 14.8. The van der Waals surface area contributed by atoms with E-state index in [0.717, 1.165) is 17.0 Å². The molecule has 1 N–H and O–H groups in total. The number of nitrogens with zero attached hydrogens (tertiary/aromatic N) is 4. The zero-order valence-corrected chi connectivity index (χ0v) is 17.6. The number of aromatic nitrogens is 2. The molecule has 3 heterocycles. The van der Waals surface area contributed by atoms with E-state index < -0.39 is 47.1 Å². The van der Waals surface area contributed by atoms with Gasteiger partial charge in [0.15, 0.2) is 0 Å². The lowest BCUT2D eigenvalue weighted by Gasteiger charge is -2.43. The number of carbonyl (C=O) groups excluding carboxylic acids is 3. The first kappa shape index (κ1) is 22.7. The van der Waals surface area contributed by atoms with Gasteiger partial charge < -0.3 is 14.7 Å². The van der Waals surface area contributed by atoms with Crippen molar-refractivity contribution in [1.29, 1.82) is 0 Å². The second-order valence-electron chi connectivity index (χ2n) is 8.21. The predicted molar refractivity (Wildman–Crippen MR) is 104 cm³/mol. The van der Waals surface area contributed by atoms with Gasteiger partial charge in [-0.05, 0) is 38.5 Å². The molecule has 2 aliphatic rings. The summed E-state index contributed by atoms with van der Waals surface area (Å²) >= 11 is 0. The fraction of sp³-hybridized carbons (Fsp3) is 0.450. The van der Waals surface area contributed by atoms with Crippen molar-refractivity contribution < 1.29 is 36.5 Å². The number of amides is 3. The lowest BCUT2D eigenvalue weighted by Crippen LogP contribution is -2.66. The van der Waals surface area contributed by atoms with Crippen molar-refractivity contribution in [3.05, 3.63) is 29.9 Å². The van der Waals surface area contributed by atoms with Gasteiger partial charge in [-0.1, -0.05) is 5.16 Å². The molecule has 2 saturated heterocycles. The van der Waals surface area contributed by atoms with Gasteiger partial charge in [0.05, 0.1) is 5.56 Å². The molecule has 1 aromatic heterocycles. The van der Waals surface area contributed by atoms with Crippen LogP contribution in [0.2, 0.25) is 0 Å². The van der Waals surface area contributed by atoms with Crippen LogP contribution in [0.1, 0.15) is 32.6 Å². The molecule has 33 heavy (non-hydrogen) atoms. The average Bonchev–Trinajstić information content (AvgIpc) is 3.36. The van der Waals surface area contributed by atoms with E-state index in [1.165, 1.54) is 11.0 Å². The Balaban J connectivity index is 1.63. The van der Waals surface area contributed by atoms with E-state index in [1.807, 2.05) is 0 Å². The van der Waals surface area contributed by atoms with Crippen LogP contribution in [-0.4, -0.2) is 57.4 Å². The van der Waals surface area contributed by atoms with Crippen LogP contribution in [-0.2, 0) is 20.6 Å². The van der Waals surface area contributed by atoms with Crippen LogP contribution in [0.25, 0.3) is 11.4 Å². The summed E-state index contributed by atoms with van der Waals surface area (Å²) in [6.45, 7) is 3.70. The van der Waals surface area contributed by atoms with Crippen LogP contribution in [0.15, 0.2) is 22.7 Å². The molecule has 9 nitrogen and oxygen atoms in total. The Labute approximate surface area is 184 Å². The van der Waals surface area contributed by atoms with Crippen LogP contribution in [0, 0.1) is 5.82 Å². The van der Waals surface area contributed by atoms with Crippen molar-refractivity contribution >= 4 is 23.4 Å². The molecule has 0 radical (unpaired) electrons. The number of piperazine rings is 1. The van der Waals surface area contributed by atoms with Crippen LogP contribution < -0.4 is 10.2 Å². The lowest BCUT2D eigenvalue weighted by molar-refractivity contribution is -0.159. The highest BCUT2D eigenvalue weighted by molar-refractivity contribution is 6.05. The third-order valence-electron chi connectivity index (χ3n) is 5.75. The summed E-state index contributed by atoms with van der Waals surface area (Å²) in [6, 6.07) is 2.38. The van der Waals surface area contributed by atoms with E-state index in [-0.39, 0.29) is 43.1 Å². The smallest absolute Gasteiger partial charge is 0.352 e. The van der Waals surface area contributed by atoms with Crippen molar-refractivity contribution in [3.8, 4) is 11.4 Å². The fourth-order valence-corrected chi connectivity index (χ4v) is 3.99. The lowest BCUT2D eigenvalue weighted by atomic mass is 9.97. The normalized spacial score (nSPS) is 20.8. The van der Waals surface area contributed by atoms with Gasteiger partial charge in [-0.15, -0.1) is 0 Å². The molecule has 3 amide bonds. The minimum Gasteiger partial charge on any atom is -0.352 e. The fourth-order valence-electron chi connectivity index (χ4n) is 3.99. The highest BCUT2D eigenvalue weighted by atomic mass is 19.4. The van der Waals surface area contributed by atoms with E-state index in [2.05, 4.69) is 20.0 Å². The molecule has 0 unspecified atom stereocenters. The van der Waals surface area contributed by atoms with Gasteiger partial charge in [-0.25, -0.2) is 4.39 Å². The van der Waals surface area contributed by atoms with Crippen LogP contribution in [0.3, 0.4) is 0 Å². The third kappa shape index (κ3) is 3.91. The highest BCUT2D eigenvalue weighted by Gasteiger charge is 2.46. The maximum atomic E-state index is 14.8. The predicted octanol–water partition coefficient (Wildman–Crippen LogP) is 2.13. The first-order valence-corrected chi connectivity index (χ1v) is 10.0. The Morgan fingerprint density at radius 2 is 2.00 bits per heavy atom. The second kappa shape index (κ2) is 7.81. The zero-order chi connectivity index (χ0) is 24.1. The summed E-state index contributed by atoms with van der Waals surface area (Å²) in [6.07, 6.45) is -4.66. The van der Waals surface area contributed by atoms with Gasteiger partial charge in [0.25, 0.3) is 0 Å². The second-order valence-corrected chi connectivity index (χ2v) is 8.21. The van der Waals surface area contributed by atoms with Gasteiger partial charge in [0.2, 0.25) is 23.5 Å². The topological polar surface area (TPSA) is 109 Å². The number of nitrogens with one attached hydrogen (secondary N) is 1. The first-order valence-electron chi connectivity index (χ1n) is 10.0. The van der Waals surface area contributed by atoms with E-state index in [9.17, 15) is 31.9 Å². The molecular weight excluding hydrogens is 450 g/mol. The quantitative estimate of drug-likeness (QED) is 0.690. The minimum absolute atomic E-state index is 0.0417. The zero-order valence-electron chi connectivity index (χ0n) is 17.6. The number of anilines is 1. The SMILES string of the molecule is CC1(C)C(=O)NCCN1C(=O)[C@@H]1CCC(=O)N1c1ccc(-c2noc(C(F)(F)F)n2)c(F)c1. The van der Waals surface area contributed by atoms with E-state index in [1.54, 1.807) is 13.8 Å². The largest absolute Gasteiger partial charge is 0.471 e. The summed E-state index contributed by atoms with van der Waals surface area (Å²) in [5.74, 6) is -4.41. The Bertz CT molecular complexity index is 1130. The summed E-state index contributed by atoms with van der Waals surface area (Å²) < 4.78 is 57.0. The summed E-state index contributed by atoms with van der Waals surface area (Å²) in [4.78, 5) is 43.8. The average molecular weight is 469 g/mol. The van der Waals surface area contributed by atoms with E-state index >= 15 is 0 Å². The number of hydrogen-bond acceptors (Lipinski definition) is 6. The van der Waals surface area contributed by atoms with Gasteiger partial charge in [0.1, 0.15) is 17.4 Å². The van der Waals surface area contributed by atoms with Gasteiger partial charge in [-0.2, -0.15) is 18.2 Å². The van der Waals surface area contributed by atoms with E-state index in [4.69, 9.17) is 0 Å². The summed E-state index contributed by atoms with van der Waals surface area (Å²) in [5, 5.41) is 5.84. The van der Waals surface area contributed by atoms with Crippen molar-refractivity contribution in [2.75, 3.05) is 18.0 Å². The molecule has 13 heteroatoms. The molecule has 176 valence electrons. The monoisotopic (exact) mass is 469 g/mol. The van der Waals surface area contributed by atoms with Crippen molar-refractivity contribution in [2.45, 2.75) is 44.4 Å². The van der Waals surface area contributed by atoms with Crippen LogP contribution in [0.4, 0.5) is 23.2 Å². The molecule has 1 atom stereocenters. The Kier molecular flexibility index (Phi) is 5.37. The number of halogens is 4. The van der Waals surface area contributed by atoms with Crippen molar-refractivity contribution in [1.82, 2.24) is 20.4 Å². The van der Waals surface area contributed by atoms with Gasteiger partial charge in [0, 0.05) is 25.2 Å². The van der Waals surface area contributed by atoms with Crippen molar-refractivity contribution in [3.63, 3.8) is 0 Å². The Morgan fingerprint density at radius 3 is 2.64 bits per heavy atom. The van der Waals surface area contributed by atoms with Crippen LogP contribution >= 0.6 is 0 Å². The highest BCUT2D eigenvalue weighted by Crippen LogP contribution is 2.34. The molecule has 0 spiro atoms. The number of carbonyl (C=O) groups is 3. The Hall–Kier alpha value is -3.51. The number of hydrogen-bond donors (Lipinski definition) is 1. The molecule has 0 bridgehead atoms. The molecule has 2 fully saturated rings. The first-order chi connectivity index (χ1) is 15.4. The third-order valence-corrected chi connectivity index (χ3v) is 5.75. The minimum atomic E-state index is -4.88.